The average Bonchev–Trinajstić information content (AvgIpc) is 2.29. The zero-order valence-corrected chi connectivity index (χ0v) is 9.59. The van der Waals surface area contributed by atoms with E-state index in [2.05, 4.69) is 4.98 Å². The highest BCUT2D eigenvalue weighted by Gasteiger charge is 2.03. The number of hydrogen-bond acceptors (Lipinski definition) is 3. The van der Waals surface area contributed by atoms with Crippen molar-refractivity contribution in [1.29, 1.82) is 0 Å². The average molecular weight is 234 g/mol. The first kappa shape index (κ1) is 11.0. The monoisotopic (exact) mass is 234 g/mol. The summed E-state index contributed by atoms with van der Waals surface area (Å²) in [5.41, 5.74) is 7.34. The Morgan fingerprint density at radius 2 is 1.88 bits per heavy atom. The van der Waals surface area contributed by atoms with Gasteiger partial charge in [0.05, 0.1) is 5.69 Å². The molecule has 0 spiro atoms. The molecular formula is C12H11FN2S. The van der Waals surface area contributed by atoms with Crippen LogP contribution in [0, 0.1) is 5.82 Å². The van der Waals surface area contributed by atoms with Gasteiger partial charge in [-0.2, -0.15) is 0 Å². The molecule has 0 atom stereocenters. The van der Waals surface area contributed by atoms with Gasteiger partial charge < -0.3 is 5.73 Å². The Morgan fingerprint density at radius 1 is 1.19 bits per heavy atom. The van der Waals surface area contributed by atoms with Gasteiger partial charge in [0.15, 0.2) is 0 Å². The van der Waals surface area contributed by atoms with E-state index >= 15 is 0 Å². The fourth-order valence-electron chi connectivity index (χ4n) is 1.41. The van der Waals surface area contributed by atoms with E-state index in [4.69, 9.17) is 5.73 Å². The van der Waals surface area contributed by atoms with Crippen LogP contribution in [0.5, 0.6) is 0 Å². The predicted molar refractivity (Wildman–Crippen MR) is 65.8 cm³/mol. The van der Waals surface area contributed by atoms with Crippen LogP contribution in [-0.4, -0.2) is 11.2 Å². The molecule has 0 fully saturated rings. The summed E-state index contributed by atoms with van der Waals surface area (Å²) >= 11 is 1.60. The lowest BCUT2D eigenvalue weighted by molar-refractivity contribution is 0.628. The lowest BCUT2D eigenvalue weighted by Gasteiger charge is -2.04. The Balaban J connectivity index is 2.47. The summed E-state index contributed by atoms with van der Waals surface area (Å²) < 4.78 is 12.8. The molecule has 2 N–H and O–H groups in total. The van der Waals surface area contributed by atoms with Crippen molar-refractivity contribution in [2.75, 3.05) is 12.0 Å². The van der Waals surface area contributed by atoms with E-state index in [1.54, 1.807) is 23.9 Å². The number of pyridine rings is 1. The number of benzene rings is 1. The van der Waals surface area contributed by atoms with E-state index in [1.165, 1.54) is 12.1 Å². The number of rotatable bonds is 2. The van der Waals surface area contributed by atoms with Crippen LogP contribution < -0.4 is 5.73 Å². The molecule has 4 heteroatoms. The van der Waals surface area contributed by atoms with Crippen molar-refractivity contribution in [2.24, 2.45) is 0 Å². The minimum absolute atomic E-state index is 0.252. The van der Waals surface area contributed by atoms with Crippen molar-refractivity contribution >= 4 is 17.6 Å². The molecule has 0 saturated heterocycles. The Morgan fingerprint density at radius 3 is 2.50 bits per heavy atom. The highest BCUT2D eigenvalue weighted by molar-refractivity contribution is 7.98. The number of thioether (sulfide) groups is 1. The van der Waals surface area contributed by atoms with Gasteiger partial charge in [-0.3, -0.25) is 0 Å². The first-order valence-electron chi connectivity index (χ1n) is 4.76. The zero-order chi connectivity index (χ0) is 11.5. The van der Waals surface area contributed by atoms with E-state index < -0.39 is 0 Å². The highest BCUT2D eigenvalue weighted by Crippen LogP contribution is 2.24. The summed E-state index contributed by atoms with van der Waals surface area (Å²) in [4.78, 5) is 5.27. The van der Waals surface area contributed by atoms with Crippen LogP contribution in [0.15, 0.2) is 41.3 Å². The minimum atomic E-state index is -0.252. The van der Waals surface area contributed by atoms with Crippen molar-refractivity contribution in [3.8, 4) is 11.3 Å². The van der Waals surface area contributed by atoms with Gasteiger partial charge in [0.25, 0.3) is 0 Å². The Labute approximate surface area is 97.7 Å². The first-order valence-corrected chi connectivity index (χ1v) is 5.99. The quantitative estimate of drug-likeness (QED) is 0.811. The van der Waals surface area contributed by atoms with Gasteiger partial charge in [-0.05, 0) is 42.7 Å². The van der Waals surface area contributed by atoms with Crippen molar-refractivity contribution in [3.63, 3.8) is 0 Å². The number of nitrogens with two attached hydrogens (primary N) is 1. The van der Waals surface area contributed by atoms with Gasteiger partial charge in [0.1, 0.15) is 11.6 Å². The molecule has 2 nitrogen and oxygen atoms in total. The van der Waals surface area contributed by atoms with Crippen molar-refractivity contribution < 1.29 is 4.39 Å². The fraction of sp³-hybridized carbons (Fsp3) is 0.0833. The maximum atomic E-state index is 12.8. The second-order valence-electron chi connectivity index (χ2n) is 3.32. The summed E-state index contributed by atoms with van der Waals surface area (Å²) in [6, 6.07) is 9.98. The molecule has 1 heterocycles. The van der Waals surface area contributed by atoms with Crippen LogP contribution in [0.4, 0.5) is 10.2 Å². The maximum Gasteiger partial charge on any atom is 0.125 e. The summed E-state index contributed by atoms with van der Waals surface area (Å²) in [5, 5.41) is 0. The molecule has 2 rings (SSSR count). The zero-order valence-electron chi connectivity index (χ0n) is 8.77. The third-order valence-corrected chi connectivity index (χ3v) is 2.90. The topological polar surface area (TPSA) is 38.9 Å². The van der Waals surface area contributed by atoms with E-state index in [1.807, 2.05) is 18.4 Å². The number of hydrogen-bond donors (Lipinski definition) is 1. The number of halogens is 1. The van der Waals surface area contributed by atoms with E-state index in [0.717, 1.165) is 16.2 Å². The van der Waals surface area contributed by atoms with E-state index in [9.17, 15) is 4.39 Å². The van der Waals surface area contributed by atoms with Crippen molar-refractivity contribution in [3.05, 3.63) is 42.2 Å². The molecule has 1 aromatic carbocycles. The molecule has 1 aromatic heterocycles. The molecule has 0 aliphatic rings. The highest BCUT2D eigenvalue weighted by atomic mass is 32.2. The summed E-state index contributed by atoms with van der Waals surface area (Å²) in [6.45, 7) is 0. The van der Waals surface area contributed by atoms with E-state index in [0.29, 0.717) is 5.82 Å². The normalized spacial score (nSPS) is 10.4. The van der Waals surface area contributed by atoms with Gasteiger partial charge in [-0.1, -0.05) is 0 Å². The van der Waals surface area contributed by atoms with Crippen LogP contribution in [0.2, 0.25) is 0 Å². The fourth-order valence-corrected chi connectivity index (χ4v) is 1.88. The smallest absolute Gasteiger partial charge is 0.125 e. The lowest BCUT2D eigenvalue weighted by Crippen LogP contribution is -1.93. The van der Waals surface area contributed by atoms with Crippen molar-refractivity contribution in [1.82, 2.24) is 4.98 Å². The molecule has 0 aliphatic carbocycles. The summed E-state index contributed by atoms with van der Waals surface area (Å²) in [5.74, 6) is 0.226. The standard InChI is InChI=1S/C12H11FN2S/c1-16-10-6-11(15-12(14)7-10)8-2-4-9(13)5-3-8/h2-7H,1H3,(H2,14,15). The van der Waals surface area contributed by atoms with Crippen LogP contribution in [-0.2, 0) is 0 Å². The van der Waals surface area contributed by atoms with Crippen LogP contribution in [0.1, 0.15) is 0 Å². The summed E-state index contributed by atoms with van der Waals surface area (Å²) in [7, 11) is 0. The third-order valence-electron chi connectivity index (χ3n) is 2.19. The molecular weight excluding hydrogens is 223 g/mol. The number of nitrogen functional groups attached to an aromatic ring is 1. The second kappa shape index (κ2) is 4.53. The largest absolute Gasteiger partial charge is 0.384 e. The molecule has 2 aromatic rings. The predicted octanol–water partition coefficient (Wildman–Crippen LogP) is 3.19. The molecule has 0 amide bonds. The molecule has 0 bridgehead atoms. The van der Waals surface area contributed by atoms with Gasteiger partial charge in [0.2, 0.25) is 0 Å². The molecule has 0 saturated carbocycles. The molecule has 0 aliphatic heterocycles. The number of aromatic nitrogens is 1. The van der Waals surface area contributed by atoms with Crippen molar-refractivity contribution in [2.45, 2.75) is 4.90 Å². The first-order chi connectivity index (χ1) is 7.69. The molecule has 16 heavy (non-hydrogen) atoms. The molecule has 0 unspecified atom stereocenters. The van der Waals surface area contributed by atoms with Gasteiger partial charge >= 0.3 is 0 Å². The van der Waals surface area contributed by atoms with Crippen LogP contribution in [0.3, 0.4) is 0 Å². The third kappa shape index (κ3) is 2.33. The van der Waals surface area contributed by atoms with E-state index in [-0.39, 0.29) is 5.82 Å². The molecule has 82 valence electrons. The second-order valence-corrected chi connectivity index (χ2v) is 4.20. The number of anilines is 1. The Kier molecular flexibility index (Phi) is 3.10. The number of nitrogens with zero attached hydrogens (tertiary/aromatic N) is 1. The lowest BCUT2D eigenvalue weighted by atomic mass is 10.1. The summed E-state index contributed by atoms with van der Waals surface area (Å²) in [6.07, 6.45) is 1.98. The van der Waals surface area contributed by atoms with Gasteiger partial charge in [0, 0.05) is 10.5 Å². The maximum absolute atomic E-state index is 12.8. The SMILES string of the molecule is CSc1cc(N)nc(-c2ccc(F)cc2)c1. The minimum Gasteiger partial charge on any atom is -0.384 e. The van der Waals surface area contributed by atoms with Gasteiger partial charge in [-0.15, -0.1) is 11.8 Å². The Hall–Kier alpha value is -1.55. The van der Waals surface area contributed by atoms with Crippen LogP contribution in [0.25, 0.3) is 11.3 Å². The molecule has 0 radical (unpaired) electrons. The Bertz CT molecular complexity index is 497. The van der Waals surface area contributed by atoms with Gasteiger partial charge in [-0.25, -0.2) is 9.37 Å². The van der Waals surface area contributed by atoms with Crippen LogP contribution >= 0.6 is 11.8 Å².